The third kappa shape index (κ3) is 5.32. The topological polar surface area (TPSA) is 127 Å². The van der Waals surface area contributed by atoms with Crippen molar-refractivity contribution in [3.63, 3.8) is 0 Å². The molecule has 2 aromatic carbocycles. The zero-order valence-corrected chi connectivity index (χ0v) is 18.0. The van der Waals surface area contributed by atoms with E-state index in [0.29, 0.717) is 17.2 Å². The minimum atomic E-state index is -1.53. The van der Waals surface area contributed by atoms with Gasteiger partial charge in [0.25, 0.3) is 0 Å². The summed E-state index contributed by atoms with van der Waals surface area (Å²) in [5, 5.41) is 39.3. The van der Waals surface area contributed by atoms with E-state index >= 15 is 0 Å². The Labute approximate surface area is 186 Å². The summed E-state index contributed by atoms with van der Waals surface area (Å²) >= 11 is 0. The molecule has 0 aliphatic carbocycles. The Morgan fingerprint density at radius 2 is 1.44 bits per heavy atom. The van der Waals surface area contributed by atoms with Crippen molar-refractivity contribution in [2.75, 3.05) is 27.9 Å². The van der Waals surface area contributed by atoms with Crippen LogP contribution in [0.2, 0.25) is 0 Å². The molecular formula is C23H28O9. The summed E-state index contributed by atoms with van der Waals surface area (Å²) in [6, 6.07) is 10.7. The second-order valence-corrected chi connectivity index (χ2v) is 7.20. The van der Waals surface area contributed by atoms with Gasteiger partial charge in [-0.05, 0) is 35.4 Å². The minimum absolute atomic E-state index is 0.261. The average Bonchev–Trinajstić information content (AvgIpc) is 2.83. The number of rotatable bonds is 8. The lowest BCUT2D eigenvalue weighted by molar-refractivity contribution is -0.277. The van der Waals surface area contributed by atoms with Crippen LogP contribution in [0.4, 0.5) is 0 Å². The summed E-state index contributed by atoms with van der Waals surface area (Å²) in [5.74, 6) is 1.97. The third-order valence-corrected chi connectivity index (χ3v) is 5.12. The second kappa shape index (κ2) is 10.7. The number of aliphatic hydroxyl groups excluding tert-OH is 4. The Morgan fingerprint density at radius 3 is 2.03 bits per heavy atom. The van der Waals surface area contributed by atoms with E-state index in [0.717, 1.165) is 11.1 Å². The number of ether oxygens (including phenoxy) is 5. The van der Waals surface area contributed by atoms with Gasteiger partial charge in [0.1, 0.15) is 35.9 Å². The molecule has 0 radical (unpaired) electrons. The van der Waals surface area contributed by atoms with E-state index in [2.05, 4.69) is 0 Å². The maximum atomic E-state index is 10.2. The monoisotopic (exact) mass is 448 g/mol. The Balaban J connectivity index is 1.78. The SMILES string of the molecule is COc1cc(/C=C/c2ccc(O[C@@H]3O[C@H](CO)[C@@H](O)[C@H](O)[C@H]3O)c(OC)c2)cc(OC)c1. The largest absolute Gasteiger partial charge is 0.497 e. The first-order valence-electron chi connectivity index (χ1n) is 9.96. The molecule has 0 unspecified atom stereocenters. The van der Waals surface area contributed by atoms with Gasteiger partial charge in [-0.2, -0.15) is 0 Å². The molecule has 0 saturated carbocycles. The molecule has 3 rings (SSSR count). The summed E-state index contributed by atoms with van der Waals surface area (Å²) in [4.78, 5) is 0. The number of hydrogen-bond acceptors (Lipinski definition) is 9. The Bertz CT molecular complexity index is 905. The van der Waals surface area contributed by atoms with Gasteiger partial charge < -0.3 is 44.1 Å². The summed E-state index contributed by atoms with van der Waals surface area (Å²) in [6.07, 6.45) is -3.11. The van der Waals surface area contributed by atoms with Gasteiger partial charge in [0.05, 0.1) is 27.9 Å². The molecule has 0 bridgehead atoms. The van der Waals surface area contributed by atoms with Gasteiger partial charge in [0, 0.05) is 6.07 Å². The molecular weight excluding hydrogens is 420 g/mol. The third-order valence-electron chi connectivity index (χ3n) is 5.12. The van der Waals surface area contributed by atoms with E-state index in [-0.39, 0.29) is 5.75 Å². The first-order chi connectivity index (χ1) is 15.4. The van der Waals surface area contributed by atoms with Crippen LogP contribution in [0.3, 0.4) is 0 Å². The van der Waals surface area contributed by atoms with E-state index in [1.165, 1.54) is 7.11 Å². The van der Waals surface area contributed by atoms with Crippen LogP contribution >= 0.6 is 0 Å². The summed E-state index contributed by atoms with van der Waals surface area (Å²) in [6.45, 7) is -0.541. The quantitative estimate of drug-likeness (QED) is 0.439. The molecule has 9 nitrogen and oxygen atoms in total. The van der Waals surface area contributed by atoms with Crippen LogP contribution in [-0.4, -0.2) is 79.1 Å². The molecule has 1 aliphatic heterocycles. The van der Waals surface area contributed by atoms with Gasteiger partial charge in [-0.15, -0.1) is 0 Å². The van der Waals surface area contributed by atoms with Crippen LogP contribution in [0, 0.1) is 0 Å². The summed E-state index contributed by atoms with van der Waals surface area (Å²) in [7, 11) is 4.64. The smallest absolute Gasteiger partial charge is 0.229 e. The summed E-state index contributed by atoms with van der Waals surface area (Å²) in [5.41, 5.74) is 1.69. The van der Waals surface area contributed by atoms with E-state index in [1.807, 2.05) is 24.3 Å². The molecule has 174 valence electrons. The lowest BCUT2D eigenvalue weighted by Crippen LogP contribution is -2.60. The molecule has 0 spiro atoms. The molecule has 1 aliphatic rings. The Hall–Kier alpha value is -2.82. The van der Waals surface area contributed by atoms with Gasteiger partial charge in [0.2, 0.25) is 6.29 Å². The molecule has 5 atom stereocenters. The molecule has 9 heteroatoms. The van der Waals surface area contributed by atoms with Crippen LogP contribution in [0.5, 0.6) is 23.0 Å². The van der Waals surface area contributed by atoms with Gasteiger partial charge in [-0.25, -0.2) is 0 Å². The number of benzene rings is 2. The Kier molecular flexibility index (Phi) is 7.94. The average molecular weight is 448 g/mol. The molecule has 0 aromatic heterocycles. The van der Waals surface area contributed by atoms with Crippen molar-refractivity contribution < 1.29 is 44.1 Å². The van der Waals surface area contributed by atoms with Crippen LogP contribution in [0.1, 0.15) is 11.1 Å². The van der Waals surface area contributed by atoms with E-state index in [1.54, 1.807) is 38.5 Å². The van der Waals surface area contributed by atoms with E-state index in [9.17, 15) is 20.4 Å². The lowest BCUT2D eigenvalue weighted by atomic mass is 9.99. The normalized spacial score (nSPS) is 25.5. The highest BCUT2D eigenvalue weighted by molar-refractivity contribution is 5.72. The zero-order valence-electron chi connectivity index (χ0n) is 18.0. The van der Waals surface area contributed by atoms with E-state index in [4.69, 9.17) is 23.7 Å². The maximum Gasteiger partial charge on any atom is 0.229 e. The second-order valence-electron chi connectivity index (χ2n) is 7.20. The zero-order chi connectivity index (χ0) is 23.3. The molecule has 1 heterocycles. The van der Waals surface area contributed by atoms with Gasteiger partial charge >= 0.3 is 0 Å². The lowest BCUT2D eigenvalue weighted by Gasteiger charge is -2.39. The van der Waals surface area contributed by atoms with Crippen molar-refractivity contribution in [3.05, 3.63) is 47.5 Å². The van der Waals surface area contributed by atoms with Crippen LogP contribution < -0.4 is 18.9 Å². The first-order valence-corrected chi connectivity index (χ1v) is 9.96. The fraction of sp³-hybridized carbons (Fsp3) is 0.391. The van der Waals surface area contributed by atoms with Crippen molar-refractivity contribution in [2.45, 2.75) is 30.7 Å². The van der Waals surface area contributed by atoms with Crippen molar-refractivity contribution >= 4 is 12.2 Å². The van der Waals surface area contributed by atoms with E-state index < -0.39 is 37.3 Å². The predicted molar refractivity (Wildman–Crippen MR) is 116 cm³/mol. The number of hydrogen-bond donors (Lipinski definition) is 4. The number of methoxy groups -OCH3 is 3. The highest BCUT2D eigenvalue weighted by Gasteiger charge is 2.44. The molecule has 4 N–H and O–H groups in total. The standard InChI is InChI=1S/C23H28O9/c1-28-15-8-14(9-16(11-15)29-2)5-4-13-6-7-17(18(10-13)30-3)31-23-22(27)21(26)20(25)19(12-24)32-23/h4-11,19-27H,12H2,1-3H3/b5-4+/t19-,20-,21+,22-,23-/m1/s1. The first kappa shape index (κ1) is 23.8. The van der Waals surface area contributed by atoms with Gasteiger partial charge in [-0.1, -0.05) is 18.2 Å². The molecule has 2 aromatic rings. The number of aliphatic hydroxyl groups is 4. The van der Waals surface area contributed by atoms with Crippen LogP contribution in [0.15, 0.2) is 36.4 Å². The van der Waals surface area contributed by atoms with Gasteiger partial charge in [0.15, 0.2) is 11.5 Å². The Morgan fingerprint density at radius 1 is 0.781 bits per heavy atom. The van der Waals surface area contributed by atoms with Crippen molar-refractivity contribution in [1.29, 1.82) is 0 Å². The molecule has 1 saturated heterocycles. The highest BCUT2D eigenvalue weighted by atomic mass is 16.7. The molecule has 0 amide bonds. The minimum Gasteiger partial charge on any atom is -0.497 e. The van der Waals surface area contributed by atoms with Crippen molar-refractivity contribution in [1.82, 2.24) is 0 Å². The molecule has 32 heavy (non-hydrogen) atoms. The fourth-order valence-corrected chi connectivity index (χ4v) is 3.29. The van der Waals surface area contributed by atoms with Crippen LogP contribution in [-0.2, 0) is 4.74 Å². The van der Waals surface area contributed by atoms with Gasteiger partial charge in [-0.3, -0.25) is 0 Å². The molecule has 1 fully saturated rings. The van der Waals surface area contributed by atoms with Crippen molar-refractivity contribution in [2.24, 2.45) is 0 Å². The fourth-order valence-electron chi connectivity index (χ4n) is 3.29. The highest BCUT2D eigenvalue weighted by Crippen LogP contribution is 2.33. The van der Waals surface area contributed by atoms with Crippen molar-refractivity contribution in [3.8, 4) is 23.0 Å². The summed E-state index contributed by atoms with van der Waals surface area (Å²) < 4.78 is 27.0. The van der Waals surface area contributed by atoms with Crippen LogP contribution in [0.25, 0.3) is 12.2 Å². The maximum absolute atomic E-state index is 10.2. The predicted octanol–water partition coefficient (Wildman–Crippen LogP) is 1.06.